The summed E-state index contributed by atoms with van der Waals surface area (Å²) in [6, 6.07) is 13.9. The fraction of sp³-hybridized carbons (Fsp3) is 0.471. The molecule has 5 amide bonds. The van der Waals surface area contributed by atoms with E-state index in [4.69, 9.17) is 19.7 Å². The lowest BCUT2D eigenvalue weighted by atomic mass is 10.1. The zero-order valence-electron chi connectivity index (χ0n) is 28.5. The van der Waals surface area contributed by atoms with E-state index in [9.17, 15) is 14.4 Å². The molecule has 15 nitrogen and oxygen atoms in total. The second-order valence-electron chi connectivity index (χ2n) is 12.5. The average Bonchev–Trinajstić information content (AvgIpc) is 3.15. The number of carbonyl (C=O) groups excluding carboxylic acids is 3. The SMILES string of the molecule is CCN1CCN(C(=O)c2ccc(NC(=O)Nc3ccc(-c4nc(N5CCOCC5)nc(N5CCN(C(=O)N(C)C)CC5)n4)cc3)cc2)CC1. The molecule has 1 aromatic heterocycles. The molecule has 0 atom stereocenters. The van der Waals surface area contributed by atoms with Crippen molar-refractivity contribution in [3.8, 4) is 11.4 Å². The largest absolute Gasteiger partial charge is 0.378 e. The van der Waals surface area contributed by atoms with Gasteiger partial charge in [-0.3, -0.25) is 4.79 Å². The molecule has 2 N–H and O–H groups in total. The number of ether oxygens (including phenoxy) is 1. The van der Waals surface area contributed by atoms with Crippen molar-refractivity contribution in [2.75, 3.05) is 120 Å². The lowest BCUT2D eigenvalue weighted by Crippen LogP contribution is -2.52. The third-order valence-corrected chi connectivity index (χ3v) is 9.02. The van der Waals surface area contributed by atoms with Crippen LogP contribution in [0.2, 0.25) is 0 Å². The van der Waals surface area contributed by atoms with Crippen LogP contribution in [-0.4, -0.2) is 152 Å². The fourth-order valence-corrected chi connectivity index (χ4v) is 6.05. The molecule has 0 bridgehead atoms. The molecule has 49 heavy (non-hydrogen) atoms. The van der Waals surface area contributed by atoms with Gasteiger partial charge < -0.3 is 44.8 Å². The summed E-state index contributed by atoms with van der Waals surface area (Å²) in [5.41, 5.74) is 2.57. The molecule has 2 aromatic carbocycles. The van der Waals surface area contributed by atoms with Gasteiger partial charge in [0.2, 0.25) is 11.9 Å². The molecule has 0 aliphatic carbocycles. The molecule has 15 heteroatoms. The van der Waals surface area contributed by atoms with E-state index in [0.717, 1.165) is 38.3 Å². The van der Waals surface area contributed by atoms with Crippen LogP contribution >= 0.6 is 0 Å². The average molecular weight is 672 g/mol. The zero-order valence-corrected chi connectivity index (χ0v) is 28.5. The van der Waals surface area contributed by atoms with E-state index < -0.39 is 6.03 Å². The molecular formula is C34H45N11O4. The first-order valence-electron chi connectivity index (χ1n) is 16.9. The number of rotatable bonds is 7. The highest BCUT2D eigenvalue weighted by Gasteiger charge is 2.26. The van der Waals surface area contributed by atoms with Gasteiger partial charge in [0.1, 0.15) is 0 Å². The summed E-state index contributed by atoms with van der Waals surface area (Å²) in [4.78, 5) is 64.5. The zero-order chi connectivity index (χ0) is 34.3. The number of piperazine rings is 2. The quantitative estimate of drug-likeness (QED) is 0.385. The molecular weight excluding hydrogens is 626 g/mol. The van der Waals surface area contributed by atoms with E-state index in [1.807, 2.05) is 21.9 Å². The maximum atomic E-state index is 12.9. The molecule has 3 aliphatic heterocycles. The molecule has 3 aliphatic rings. The van der Waals surface area contributed by atoms with Crippen molar-refractivity contribution in [3.63, 3.8) is 0 Å². The first-order chi connectivity index (χ1) is 23.8. The second kappa shape index (κ2) is 15.5. The fourth-order valence-electron chi connectivity index (χ4n) is 6.05. The summed E-state index contributed by atoms with van der Waals surface area (Å²) < 4.78 is 5.54. The van der Waals surface area contributed by atoms with Crippen LogP contribution in [0.4, 0.5) is 32.9 Å². The highest BCUT2D eigenvalue weighted by Crippen LogP contribution is 2.25. The number of amides is 5. The van der Waals surface area contributed by atoms with Crippen LogP contribution in [-0.2, 0) is 4.74 Å². The first-order valence-corrected chi connectivity index (χ1v) is 16.9. The van der Waals surface area contributed by atoms with Gasteiger partial charge in [-0.25, -0.2) is 9.59 Å². The Kier molecular flexibility index (Phi) is 10.7. The summed E-state index contributed by atoms with van der Waals surface area (Å²) in [5.74, 6) is 1.68. The number of likely N-dealkylation sites (N-methyl/N-ethyl adjacent to an activating group) is 1. The van der Waals surface area contributed by atoms with Gasteiger partial charge in [0.15, 0.2) is 5.82 Å². The predicted molar refractivity (Wildman–Crippen MR) is 188 cm³/mol. The third-order valence-electron chi connectivity index (χ3n) is 9.02. The Bertz CT molecular complexity index is 1600. The number of hydrogen-bond donors (Lipinski definition) is 2. The molecule has 3 aromatic rings. The maximum Gasteiger partial charge on any atom is 0.323 e. The van der Waals surface area contributed by atoms with Gasteiger partial charge in [0.05, 0.1) is 13.2 Å². The van der Waals surface area contributed by atoms with Crippen molar-refractivity contribution in [2.24, 2.45) is 0 Å². The van der Waals surface area contributed by atoms with Crippen molar-refractivity contribution in [3.05, 3.63) is 54.1 Å². The lowest BCUT2D eigenvalue weighted by Gasteiger charge is -2.36. The summed E-state index contributed by atoms with van der Waals surface area (Å²) in [6.45, 7) is 11.3. The van der Waals surface area contributed by atoms with Crippen molar-refractivity contribution >= 4 is 41.2 Å². The maximum absolute atomic E-state index is 12.9. The Balaban J connectivity index is 1.09. The topological polar surface area (TPSA) is 143 Å². The van der Waals surface area contributed by atoms with E-state index in [1.54, 1.807) is 55.4 Å². The number of aromatic nitrogens is 3. The number of urea groups is 2. The van der Waals surface area contributed by atoms with Crippen LogP contribution in [0, 0.1) is 0 Å². The van der Waals surface area contributed by atoms with Crippen LogP contribution in [0.1, 0.15) is 17.3 Å². The second-order valence-corrected chi connectivity index (χ2v) is 12.5. The standard InChI is InChI=1S/C34H45N11O4/c1-4-41-13-15-42(16-14-41)30(46)26-7-11-28(12-8-26)36-33(47)35-27-9-5-25(6-10-27)29-37-31(39-32(38-29)44-21-23-49-24-22-44)43-17-19-45(20-18-43)34(48)40(2)3/h5-12H,4,13-24H2,1-3H3,(H2,35,36,47). The van der Waals surface area contributed by atoms with Gasteiger partial charge in [-0.05, 0) is 55.1 Å². The van der Waals surface area contributed by atoms with Crippen LogP contribution in [0.25, 0.3) is 11.4 Å². The van der Waals surface area contributed by atoms with Gasteiger partial charge in [0.25, 0.3) is 5.91 Å². The number of hydrogen-bond acceptors (Lipinski definition) is 10. The van der Waals surface area contributed by atoms with Gasteiger partial charge in [-0.2, -0.15) is 15.0 Å². The van der Waals surface area contributed by atoms with Crippen molar-refractivity contribution in [1.29, 1.82) is 0 Å². The molecule has 4 heterocycles. The Morgan fingerprint density at radius 2 is 1.22 bits per heavy atom. The molecule has 3 saturated heterocycles. The lowest BCUT2D eigenvalue weighted by molar-refractivity contribution is 0.0643. The number of morpholine rings is 1. The molecule has 0 spiro atoms. The van der Waals surface area contributed by atoms with E-state index in [1.165, 1.54) is 0 Å². The predicted octanol–water partition coefficient (Wildman–Crippen LogP) is 2.60. The Labute approximate surface area is 286 Å². The van der Waals surface area contributed by atoms with Gasteiger partial charge >= 0.3 is 12.1 Å². The Morgan fingerprint density at radius 3 is 1.78 bits per heavy atom. The highest BCUT2D eigenvalue weighted by atomic mass is 16.5. The molecule has 0 unspecified atom stereocenters. The molecule has 0 radical (unpaired) electrons. The number of nitrogens with one attached hydrogen (secondary N) is 2. The van der Waals surface area contributed by atoms with Crippen molar-refractivity contribution in [2.45, 2.75) is 6.92 Å². The van der Waals surface area contributed by atoms with Crippen LogP contribution in [0.15, 0.2) is 48.5 Å². The van der Waals surface area contributed by atoms with Crippen LogP contribution in [0.3, 0.4) is 0 Å². The van der Waals surface area contributed by atoms with Crippen molar-refractivity contribution < 1.29 is 19.1 Å². The molecule has 3 fully saturated rings. The highest BCUT2D eigenvalue weighted by molar-refractivity contribution is 6.00. The smallest absolute Gasteiger partial charge is 0.323 e. The number of nitrogens with zero attached hydrogens (tertiary/aromatic N) is 9. The number of carbonyl (C=O) groups is 3. The summed E-state index contributed by atoms with van der Waals surface area (Å²) in [7, 11) is 3.52. The van der Waals surface area contributed by atoms with E-state index >= 15 is 0 Å². The first kappa shape index (κ1) is 33.9. The van der Waals surface area contributed by atoms with Gasteiger partial charge in [0, 0.05) is 102 Å². The number of anilines is 4. The van der Waals surface area contributed by atoms with Crippen LogP contribution < -0.4 is 20.4 Å². The summed E-state index contributed by atoms with van der Waals surface area (Å²) in [5, 5.41) is 5.70. The van der Waals surface area contributed by atoms with Gasteiger partial charge in [-0.1, -0.05) is 6.92 Å². The summed E-state index contributed by atoms with van der Waals surface area (Å²) in [6.07, 6.45) is 0. The van der Waals surface area contributed by atoms with Crippen molar-refractivity contribution in [1.82, 2.24) is 34.6 Å². The third kappa shape index (κ3) is 8.35. The molecule has 6 rings (SSSR count). The number of benzene rings is 2. The summed E-state index contributed by atoms with van der Waals surface area (Å²) >= 11 is 0. The minimum absolute atomic E-state index is 0.00573. The minimum Gasteiger partial charge on any atom is -0.378 e. The van der Waals surface area contributed by atoms with E-state index in [-0.39, 0.29) is 11.9 Å². The van der Waals surface area contributed by atoms with E-state index in [0.29, 0.717) is 87.1 Å². The monoisotopic (exact) mass is 671 g/mol. The van der Waals surface area contributed by atoms with E-state index in [2.05, 4.69) is 32.3 Å². The normalized spacial score (nSPS) is 17.1. The molecule has 260 valence electrons. The van der Waals surface area contributed by atoms with Crippen LogP contribution in [0.5, 0.6) is 0 Å². The Morgan fingerprint density at radius 1 is 0.694 bits per heavy atom. The van der Waals surface area contributed by atoms with Gasteiger partial charge in [-0.15, -0.1) is 0 Å². The minimum atomic E-state index is -0.397. The molecule has 0 saturated carbocycles. The Hall–Kier alpha value is -5.02.